The van der Waals surface area contributed by atoms with Crippen LogP contribution >= 0.6 is 12.2 Å². The van der Waals surface area contributed by atoms with Gasteiger partial charge in [-0.15, -0.1) is 0 Å². The normalized spacial score (nSPS) is 18.2. The first-order valence-corrected chi connectivity index (χ1v) is 7.42. The Morgan fingerprint density at radius 2 is 2.00 bits per heavy atom. The fraction of sp³-hybridized carbons (Fsp3) is 0.533. The highest BCUT2D eigenvalue weighted by molar-refractivity contribution is 7.80. The number of ether oxygens (including phenoxy) is 1. The van der Waals surface area contributed by atoms with Gasteiger partial charge in [-0.2, -0.15) is 0 Å². The molecule has 0 bridgehead atoms. The summed E-state index contributed by atoms with van der Waals surface area (Å²) in [5, 5.41) is 7.22. The van der Waals surface area contributed by atoms with E-state index in [1.807, 2.05) is 6.07 Å². The second kappa shape index (κ2) is 8.12. The van der Waals surface area contributed by atoms with Gasteiger partial charge < -0.3 is 15.4 Å². The van der Waals surface area contributed by atoms with Crippen molar-refractivity contribution in [3.8, 4) is 0 Å². The summed E-state index contributed by atoms with van der Waals surface area (Å²) < 4.78 is 5.57. The lowest BCUT2D eigenvalue weighted by Gasteiger charge is -2.13. The minimum atomic E-state index is 0.430. The Morgan fingerprint density at radius 3 is 2.74 bits per heavy atom. The van der Waals surface area contributed by atoms with Crippen molar-refractivity contribution >= 4 is 17.3 Å². The number of nitrogens with one attached hydrogen (secondary N) is 2. The molecule has 1 saturated heterocycles. The van der Waals surface area contributed by atoms with Crippen LogP contribution in [0.4, 0.5) is 0 Å². The Morgan fingerprint density at radius 1 is 1.21 bits per heavy atom. The molecule has 0 saturated carbocycles. The molecule has 0 amide bonds. The third kappa shape index (κ3) is 5.57. The van der Waals surface area contributed by atoms with Crippen LogP contribution in [0, 0.1) is 0 Å². The molecule has 0 spiro atoms. The van der Waals surface area contributed by atoms with Gasteiger partial charge >= 0.3 is 0 Å². The molecule has 1 heterocycles. The van der Waals surface area contributed by atoms with E-state index in [-0.39, 0.29) is 0 Å². The quantitative estimate of drug-likeness (QED) is 0.782. The Balaban J connectivity index is 1.52. The largest absolute Gasteiger partial charge is 0.378 e. The number of hydrogen-bond donors (Lipinski definition) is 2. The van der Waals surface area contributed by atoms with E-state index in [2.05, 4.69) is 34.9 Å². The summed E-state index contributed by atoms with van der Waals surface area (Å²) in [6.07, 6.45) is 4.86. The van der Waals surface area contributed by atoms with Crippen LogP contribution < -0.4 is 10.6 Å². The fourth-order valence-electron chi connectivity index (χ4n) is 2.25. The maximum atomic E-state index is 5.57. The topological polar surface area (TPSA) is 33.3 Å². The van der Waals surface area contributed by atoms with E-state index in [9.17, 15) is 0 Å². The van der Waals surface area contributed by atoms with Gasteiger partial charge in [0.1, 0.15) is 0 Å². The van der Waals surface area contributed by atoms with Crippen molar-refractivity contribution in [1.29, 1.82) is 0 Å². The second-order valence-electron chi connectivity index (χ2n) is 4.84. The molecular formula is C15H22N2OS. The first-order valence-electron chi connectivity index (χ1n) is 7.02. The summed E-state index contributed by atoms with van der Waals surface area (Å²) in [7, 11) is 0. The van der Waals surface area contributed by atoms with E-state index in [0.29, 0.717) is 6.10 Å². The lowest BCUT2D eigenvalue weighted by atomic mass is 10.1. The highest BCUT2D eigenvalue weighted by Crippen LogP contribution is 2.14. The monoisotopic (exact) mass is 278 g/mol. The minimum absolute atomic E-state index is 0.430. The standard InChI is InChI=1S/C15H22N2OS/c19-15(17-11-9-14-7-4-12-18-14)16-10-8-13-5-2-1-3-6-13/h1-3,5-6,14H,4,7-12H2,(H2,16,17,19). The molecule has 1 unspecified atom stereocenters. The molecule has 1 aromatic rings. The van der Waals surface area contributed by atoms with Gasteiger partial charge in [-0.25, -0.2) is 0 Å². The molecule has 0 aliphatic carbocycles. The average molecular weight is 278 g/mol. The molecule has 4 heteroatoms. The highest BCUT2D eigenvalue weighted by atomic mass is 32.1. The van der Waals surface area contributed by atoms with Crippen LogP contribution in [0.15, 0.2) is 30.3 Å². The zero-order chi connectivity index (χ0) is 13.3. The number of thiocarbonyl (C=S) groups is 1. The van der Waals surface area contributed by atoms with Crippen LogP contribution in [0.3, 0.4) is 0 Å². The van der Waals surface area contributed by atoms with Gasteiger partial charge in [-0.1, -0.05) is 30.3 Å². The molecule has 0 aromatic heterocycles. The summed E-state index contributed by atoms with van der Waals surface area (Å²) >= 11 is 5.25. The van der Waals surface area contributed by atoms with Crippen molar-refractivity contribution in [1.82, 2.24) is 10.6 Å². The maximum Gasteiger partial charge on any atom is 0.166 e. The molecule has 19 heavy (non-hydrogen) atoms. The number of rotatable bonds is 6. The van der Waals surface area contributed by atoms with Gasteiger partial charge in [-0.3, -0.25) is 0 Å². The average Bonchev–Trinajstić information content (AvgIpc) is 2.93. The van der Waals surface area contributed by atoms with Crippen molar-refractivity contribution in [3.63, 3.8) is 0 Å². The van der Waals surface area contributed by atoms with E-state index >= 15 is 0 Å². The summed E-state index contributed by atoms with van der Waals surface area (Å²) in [5.41, 5.74) is 1.33. The van der Waals surface area contributed by atoms with Crippen LogP contribution in [0.1, 0.15) is 24.8 Å². The molecule has 1 atom stereocenters. The number of benzene rings is 1. The maximum absolute atomic E-state index is 5.57. The van der Waals surface area contributed by atoms with E-state index in [0.717, 1.165) is 37.7 Å². The molecule has 1 fully saturated rings. The van der Waals surface area contributed by atoms with Crippen LogP contribution in [-0.4, -0.2) is 30.9 Å². The Hall–Kier alpha value is -1.13. The van der Waals surface area contributed by atoms with Crippen molar-refractivity contribution in [2.24, 2.45) is 0 Å². The zero-order valence-electron chi connectivity index (χ0n) is 11.2. The van der Waals surface area contributed by atoms with Crippen molar-refractivity contribution in [2.45, 2.75) is 31.8 Å². The first kappa shape index (κ1) is 14.3. The molecule has 2 rings (SSSR count). The lowest BCUT2D eigenvalue weighted by Crippen LogP contribution is -2.37. The smallest absolute Gasteiger partial charge is 0.166 e. The molecule has 3 nitrogen and oxygen atoms in total. The van der Waals surface area contributed by atoms with Crippen LogP contribution in [-0.2, 0) is 11.2 Å². The van der Waals surface area contributed by atoms with Crippen molar-refractivity contribution in [2.75, 3.05) is 19.7 Å². The first-order chi connectivity index (χ1) is 9.34. The summed E-state index contributed by atoms with van der Waals surface area (Å²) in [5.74, 6) is 0. The molecule has 104 valence electrons. The summed E-state index contributed by atoms with van der Waals surface area (Å²) in [6, 6.07) is 10.4. The second-order valence-corrected chi connectivity index (χ2v) is 5.25. The summed E-state index contributed by atoms with van der Waals surface area (Å²) in [4.78, 5) is 0. The van der Waals surface area contributed by atoms with Crippen LogP contribution in [0.2, 0.25) is 0 Å². The van der Waals surface area contributed by atoms with Crippen molar-refractivity contribution < 1.29 is 4.74 Å². The molecule has 1 aliphatic rings. The zero-order valence-corrected chi connectivity index (χ0v) is 12.0. The van der Waals surface area contributed by atoms with E-state index in [1.165, 1.54) is 18.4 Å². The van der Waals surface area contributed by atoms with Gasteiger partial charge in [0.2, 0.25) is 0 Å². The molecular weight excluding hydrogens is 256 g/mol. The Kier molecular flexibility index (Phi) is 6.11. The van der Waals surface area contributed by atoms with Gasteiger partial charge in [0.15, 0.2) is 5.11 Å². The Labute approximate surface area is 120 Å². The third-order valence-corrected chi connectivity index (χ3v) is 3.61. The molecule has 0 radical (unpaired) electrons. The van der Waals surface area contributed by atoms with Crippen LogP contribution in [0.25, 0.3) is 0 Å². The fourth-order valence-corrected chi connectivity index (χ4v) is 2.45. The van der Waals surface area contributed by atoms with E-state index in [1.54, 1.807) is 0 Å². The van der Waals surface area contributed by atoms with Gasteiger partial charge in [0, 0.05) is 19.7 Å². The lowest BCUT2D eigenvalue weighted by molar-refractivity contribution is 0.105. The number of hydrogen-bond acceptors (Lipinski definition) is 2. The molecule has 2 N–H and O–H groups in total. The van der Waals surface area contributed by atoms with Crippen LogP contribution in [0.5, 0.6) is 0 Å². The van der Waals surface area contributed by atoms with E-state index in [4.69, 9.17) is 17.0 Å². The molecule has 1 aromatic carbocycles. The summed E-state index contributed by atoms with van der Waals surface area (Å²) in [6.45, 7) is 2.68. The Bertz CT molecular complexity index is 377. The van der Waals surface area contributed by atoms with E-state index < -0.39 is 0 Å². The van der Waals surface area contributed by atoms with Gasteiger partial charge in [-0.05, 0) is 43.5 Å². The van der Waals surface area contributed by atoms with Gasteiger partial charge in [0.25, 0.3) is 0 Å². The molecule has 1 aliphatic heterocycles. The van der Waals surface area contributed by atoms with Gasteiger partial charge in [0.05, 0.1) is 6.10 Å². The third-order valence-electron chi connectivity index (χ3n) is 3.32. The SMILES string of the molecule is S=C(NCCc1ccccc1)NCCC1CCCO1. The van der Waals surface area contributed by atoms with Crippen molar-refractivity contribution in [3.05, 3.63) is 35.9 Å². The predicted molar refractivity (Wildman–Crippen MR) is 82.3 cm³/mol. The minimum Gasteiger partial charge on any atom is -0.378 e. The predicted octanol–water partition coefficient (Wildman–Crippen LogP) is 2.26. The highest BCUT2D eigenvalue weighted by Gasteiger charge is 2.14.